The van der Waals surface area contributed by atoms with Crippen LogP contribution >= 0.6 is 0 Å². The molecule has 34 heavy (non-hydrogen) atoms. The molecule has 1 spiro atoms. The average Bonchev–Trinajstić information content (AvgIpc) is 3.29. The predicted octanol–water partition coefficient (Wildman–Crippen LogP) is 1.90. The minimum absolute atomic E-state index is 0.0104. The first-order valence-electron chi connectivity index (χ1n) is 11.6. The average molecular weight is 458 g/mol. The summed E-state index contributed by atoms with van der Waals surface area (Å²) in [5.41, 5.74) is 3.05. The second-order valence-corrected chi connectivity index (χ2v) is 10.5. The van der Waals surface area contributed by atoms with Crippen molar-refractivity contribution in [1.82, 2.24) is 33.7 Å². The highest BCUT2D eigenvalue weighted by atomic mass is 16.4. The fourth-order valence-electron chi connectivity index (χ4n) is 8.29. The van der Waals surface area contributed by atoms with E-state index in [9.17, 15) is 14.7 Å². The topological polar surface area (TPSA) is 132 Å². The highest BCUT2D eigenvalue weighted by Crippen LogP contribution is 2.95. The lowest BCUT2D eigenvalue weighted by atomic mass is 9.12. The maximum Gasteiger partial charge on any atom is 0.330 e. The van der Waals surface area contributed by atoms with Gasteiger partial charge in [-0.3, -0.25) is 13.9 Å². The zero-order valence-electron chi connectivity index (χ0n) is 18.6. The second-order valence-electron chi connectivity index (χ2n) is 10.5. The Kier molecular flexibility index (Phi) is 3.00. The molecule has 0 saturated heterocycles. The van der Waals surface area contributed by atoms with E-state index in [2.05, 4.69) is 20.4 Å². The smallest absolute Gasteiger partial charge is 0.330 e. The number of aryl methyl sites for hydroxylation is 2. The Morgan fingerprint density at radius 3 is 2.88 bits per heavy atom. The number of hydrogen-bond acceptors (Lipinski definition) is 7. The van der Waals surface area contributed by atoms with Crippen molar-refractivity contribution in [2.24, 2.45) is 35.6 Å². The lowest BCUT2D eigenvalue weighted by Gasteiger charge is -2.91. The number of hydrogen-bond donors (Lipinski definition) is 2. The molecular formula is C23H22N8O3. The second kappa shape index (κ2) is 5.48. The van der Waals surface area contributed by atoms with E-state index in [1.54, 1.807) is 22.3 Å². The van der Waals surface area contributed by atoms with Gasteiger partial charge in [0.1, 0.15) is 11.8 Å². The fraction of sp³-hybridized carbons (Fsp3) is 0.478. The number of carboxylic acids is 1. The molecule has 2 N–H and O–H groups in total. The van der Waals surface area contributed by atoms with E-state index >= 15 is 0 Å². The van der Waals surface area contributed by atoms with Gasteiger partial charge in [0.05, 0.1) is 23.5 Å². The molecule has 4 aliphatic carbocycles. The first-order chi connectivity index (χ1) is 16.4. The van der Waals surface area contributed by atoms with Gasteiger partial charge in [-0.2, -0.15) is 10.1 Å². The number of carboxylic acid groups (broad SMARTS) is 1. The summed E-state index contributed by atoms with van der Waals surface area (Å²) >= 11 is 0. The summed E-state index contributed by atoms with van der Waals surface area (Å²) in [6.45, 7) is 1.97. The van der Waals surface area contributed by atoms with Crippen LogP contribution in [0.3, 0.4) is 0 Å². The van der Waals surface area contributed by atoms with Gasteiger partial charge < -0.3 is 10.4 Å². The van der Waals surface area contributed by atoms with E-state index in [4.69, 9.17) is 4.98 Å². The Morgan fingerprint density at radius 1 is 1.26 bits per heavy atom. The Hall–Kier alpha value is -3.76. The summed E-state index contributed by atoms with van der Waals surface area (Å²) in [4.78, 5) is 38.8. The van der Waals surface area contributed by atoms with Crippen molar-refractivity contribution in [2.45, 2.75) is 32.2 Å². The third-order valence-corrected chi connectivity index (χ3v) is 9.67. The summed E-state index contributed by atoms with van der Waals surface area (Å²) in [5.74, 6) is 0.741. The number of aromatic nitrogens is 7. The van der Waals surface area contributed by atoms with Gasteiger partial charge in [-0.25, -0.2) is 19.3 Å². The first-order valence-corrected chi connectivity index (χ1v) is 11.6. The Balaban J connectivity index is 1.20. The van der Waals surface area contributed by atoms with Crippen molar-refractivity contribution in [3.05, 3.63) is 40.8 Å². The van der Waals surface area contributed by atoms with E-state index in [1.807, 2.05) is 23.8 Å². The Bertz CT molecular complexity index is 1640. The van der Waals surface area contributed by atoms with Crippen LogP contribution in [0.15, 0.2) is 29.6 Å². The molecule has 4 aromatic rings. The molecule has 0 aliphatic heterocycles. The first kappa shape index (κ1) is 18.6. The van der Waals surface area contributed by atoms with Crippen LogP contribution in [0, 0.1) is 35.5 Å². The number of imidazole rings is 1. The van der Waals surface area contributed by atoms with Crippen molar-refractivity contribution in [2.75, 3.05) is 5.32 Å². The molecule has 4 aliphatic rings. The normalized spacial score (nSPS) is 34.4. The Labute approximate surface area is 192 Å². The van der Waals surface area contributed by atoms with Crippen LogP contribution < -0.4 is 11.0 Å². The SMILES string of the molecule is Cc1cc2ncnn2cc1Nc1ncc2c(n1)n(C1C3CC4CC5(C(=O)O)CC1C435)c(=O)n2C. The molecule has 0 aromatic carbocycles. The molecule has 0 amide bonds. The minimum Gasteiger partial charge on any atom is -0.481 e. The summed E-state index contributed by atoms with van der Waals surface area (Å²) in [6, 6.07) is 1.94. The van der Waals surface area contributed by atoms with E-state index in [0.717, 1.165) is 29.7 Å². The van der Waals surface area contributed by atoms with E-state index in [1.165, 1.54) is 6.33 Å². The van der Waals surface area contributed by atoms with Crippen LogP contribution in [-0.2, 0) is 11.8 Å². The van der Waals surface area contributed by atoms with Gasteiger partial charge in [-0.15, -0.1) is 0 Å². The van der Waals surface area contributed by atoms with Crippen molar-refractivity contribution in [3.63, 3.8) is 0 Å². The lowest BCUT2D eigenvalue weighted by molar-refractivity contribution is -0.439. The van der Waals surface area contributed by atoms with Gasteiger partial charge in [0.2, 0.25) is 5.95 Å². The molecule has 6 atom stereocenters. The van der Waals surface area contributed by atoms with E-state index in [0.29, 0.717) is 29.5 Å². The molecule has 8 rings (SSSR count). The number of rotatable bonds is 4. The number of fused-ring (bicyclic) bond motifs is 2. The van der Waals surface area contributed by atoms with Gasteiger partial charge >= 0.3 is 11.7 Å². The van der Waals surface area contributed by atoms with Crippen molar-refractivity contribution in [1.29, 1.82) is 0 Å². The number of aliphatic carboxylic acids is 1. The molecule has 4 fully saturated rings. The van der Waals surface area contributed by atoms with Crippen LogP contribution in [0.25, 0.3) is 16.8 Å². The summed E-state index contributed by atoms with van der Waals surface area (Å²) in [5, 5.41) is 17.3. The molecule has 6 unspecified atom stereocenters. The zero-order chi connectivity index (χ0) is 23.1. The van der Waals surface area contributed by atoms with Crippen LogP contribution in [-0.4, -0.2) is 44.8 Å². The molecule has 172 valence electrons. The highest BCUT2D eigenvalue weighted by Gasteiger charge is 2.93. The number of nitrogens with one attached hydrogen (secondary N) is 1. The summed E-state index contributed by atoms with van der Waals surface area (Å²) in [7, 11) is 1.74. The minimum atomic E-state index is -0.651. The summed E-state index contributed by atoms with van der Waals surface area (Å²) in [6.07, 6.45) is 7.49. The molecular weight excluding hydrogens is 436 g/mol. The molecule has 11 heteroatoms. The molecule has 4 heterocycles. The molecule has 11 nitrogen and oxygen atoms in total. The third kappa shape index (κ3) is 1.72. The number of carbonyl (C=O) groups is 1. The standard InChI is InChI=1S/C23H22N8O3/c1-10-3-16-25-9-26-30(16)8-14(10)27-20-24-7-15-18(28-20)31(21(34)29(15)2)17-12-4-11-5-22(19(32)33)6-13(17)23(11,12)22/h3,7-9,11-13,17H,4-6H2,1-2H3,(H,32,33)(H,24,27,28). The van der Waals surface area contributed by atoms with Crippen LogP contribution in [0.2, 0.25) is 0 Å². The maximum absolute atomic E-state index is 13.3. The highest BCUT2D eigenvalue weighted by molar-refractivity contribution is 5.82. The monoisotopic (exact) mass is 458 g/mol. The molecule has 4 aromatic heterocycles. The van der Waals surface area contributed by atoms with E-state index < -0.39 is 11.4 Å². The predicted molar refractivity (Wildman–Crippen MR) is 120 cm³/mol. The maximum atomic E-state index is 13.3. The van der Waals surface area contributed by atoms with Gasteiger partial charge in [0.25, 0.3) is 0 Å². The molecule has 0 radical (unpaired) electrons. The van der Waals surface area contributed by atoms with Crippen molar-refractivity contribution >= 4 is 34.4 Å². The van der Waals surface area contributed by atoms with Gasteiger partial charge in [-0.1, -0.05) is 0 Å². The van der Waals surface area contributed by atoms with Crippen molar-refractivity contribution in [3.8, 4) is 0 Å². The summed E-state index contributed by atoms with van der Waals surface area (Å²) < 4.78 is 5.09. The number of pyridine rings is 1. The fourth-order valence-corrected chi connectivity index (χ4v) is 8.29. The van der Waals surface area contributed by atoms with Crippen molar-refractivity contribution < 1.29 is 9.90 Å². The van der Waals surface area contributed by atoms with Gasteiger partial charge in [-0.05, 0) is 61.0 Å². The third-order valence-electron chi connectivity index (χ3n) is 9.67. The van der Waals surface area contributed by atoms with E-state index in [-0.39, 0.29) is 29.0 Å². The van der Waals surface area contributed by atoms with Crippen LogP contribution in [0.1, 0.15) is 30.9 Å². The quantitative estimate of drug-likeness (QED) is 0.474. The van der Waals surface area contributed by atoms with Crippen LogP contribution in [0.5, 0.6) is 0 Å². The number of anilines is 2. The number of nitrogens with zero attached hydrogens (tertiary/aromatic N) is 7. The van der Waals surface area contributed by atoms with Gasteiger partial charge in [0, 0.05) is 13.1 Å². The zero-order valence-corrected chi connectivity index (χ0v) is 18.6. The molecule has 0 bridgehead atoms. The van der Waals surface area contributed by atoms with Gasteiger partial charge in [0.15, 0.2) is 11.3 Å². The Morgan fingerprint density at radius 2 is 2.12 bits per heavy atom. The van der Waals surface area contributed by atoms with Crippen LogP contribution in [0.4, 0.5) is 11.6 Å². The lowest BCUT2D eigenvalue weighted by Crippen LogP contribution is -2.90. The molecule has 4 saturated carbocycles. The largest absolute Gasteiger partial charge is 0.481 e.